The predicted molar refractivity (Wildman–Crippen MR) is 171 cm³/mol. The van der Waals surface area contributed by atoms with Gasteiger partial charge in [0.25, 0.3) is 0 Å². The zero-order valence-corrected chi connectivity index (χ0v) is 25.2. The molecule has 0 radical (unpaired) electrons. The molecule has 0 atom stereocenters. The van der Waals surface area contributed by atoms with Crippen LogP contribution in [0.2, 0.25) is 0 Å². The van der Waals surface area contributed by atoms with Gasteiger partial charge in [-0.25, -0.2) is 0 Å². The molecule has 0 spiro atoms. The first kappa shape index (κ1) is 32.0. The van der Waals surface area contributed by atoms with Gasteiger partial charge in [0.1, 0.15) is 0 Å². The fourth-order valence-corrected chi connectivity index (χ4v) is 5.49. The topological polar surface area (TPSA) is 90.7 Å². The molecule has 2 aliphatic rings. The maximum atomic E-state index is 3.69. The van der Waals surface area contributed by atoms with E-state index in [-0.39, 0.29) is 0 Å². The normalized spacial score (nSPS) is 20.3. The van der Waals surface area contributed by atoms with Crippen LogP contribution in [0.5, 0.6) is 0 Å². The molecule has 7 N–H and O–H groups in total. The maximum Gasteiger partial charge on any atom is 0.0234 e. The van der Waals surface area contributed by atoms with Crippen molar-refractivity contribution in [3.05, 3.63) is 70.8 Å². The van der Waals surface area contributed by atoms with Crippen LogP contribution in [0.3, 0.4) is 0 Å². The quantitative estimate of drug-likeness (QED) is 0.242. The third kappa shape index (κ3) is 13.7. The Hall–Kier alpha value is -1.92. The van der Waals surface area contributed by atoms with Gasteiger partial charge >= 0.3 is 0 Å². The van der Waals surface area contributed by atoms with E-state index in [9.17, 15) is 0 Å². The molecule has 0 amide bonds. The molecule has 0 bridgehead atoms. The highest BCUT2D eigenvalue weighted by atomic mass is 15.2. The number of hydrogen-bond donors (Lipinski definition) is 7. The van der Waals surface area contributed by atoms with Gasteiger partial charge in [-0.3, -0.25) is 9.80 Å². The van der Waals surface area contributed by atoms with Gasteiger partial charge in [0.05, 0.1) is 0 Å². The summed E-state index contributed by atoms with van der Waals surface area (Å²) in [7, 11) is 0. The van der Waals surface area contributed by atoms with Gasteiger partial charge in [0.15, 0.2) is 0 Å². The molecule has 0 aromatic heterocycles. The van der Waals surface area contributed by atoms with Crippen LogP contribution >= 0.6 is 0 Å². The first-order valence-corrected chi connectivity index (χ1v) is 15.9. The fraction of sp³-hybridized carbons (Fsp3) is 0.625. The lowest BCUT2D eigenvalue weighted by Gasteiger charge is -2.24. The third-order valence-electron chi connectivity index (χ3n) is 7.79. The Bertz CT molecular complexity index is 857. The summed E-state index contributed by atoms with van der Waals surface area (Å²) in [5.41, 5.74) is 5.49. The average molecular weight is 566 g/mol. The molecule has 0 saturated carbocycles. The summed E-state index contributed by atoms with van der Waals surface area (Å²) in [6.45, 7) is 20.4. The summed E-state index contributed by atoms with van der Waals surface area (Å²) >= 11 is 0. The molecular weight excluding hydrogens is 510 g/mol. The van der Waals surface area contributed by atoms with Crippen LogP contribution in [-0.2, 0) is 26.2 Å². The van der Waals surface area contributed by atoms with E-state index in [0.717, 1.165) is 131 Å². The van der Waals surface area contributed by atoms with Crippen LogP contribution in [0, 0.1) is 0 Å². The van der Waals surface area contributed by atoms with Crippen molar-refractivity contribution in [3.63, 3.8) is 0 Å². The number of rotatable bonds is 8. The van der Waals surface area contributed by atoms with Gasteiger partial charge < -0.3 is 37.2 Å². The van der Waals surface area contributed by atoms with Crippen molar-refractivity contribution < 1.29 is 0 Å². The molecule has 41 heavy (non-hydrogen) atoms. The van der Waals surface area contributed by atoms with Crippen molar-refractivity contribution in [1.29, 1.82) is 0 Å². The van der Waals surface area contributed by atoms with Crippen molar-refractivity contribution in [3.8, 4) is 0 Å². The summed E-state index contributed by atoms with van der Waals surface area (Å²) in [6, 6.07) is 18.2. The highest BCUT2D eigenvalue weighted by Gasteiger charge is 2.09. The van der Waals surface area contributed by atoms with Gasteiger partial charge in [-0.2, -0.15) is 0 Å². The SMILES string of the molecule is c1cc(CNCc2cccc(CN3CCNCCNCCNCC3)c2)cc(CN2CCNCCNCCNCC2)c1. The van der Waals surface area contributed by atoms with Crippen molar-refractivity contribution in [2.75, 3.05) is 105 Å². The second kappa shape index (κ2) is 20.1. The zero-order valence-electron chi connectivity index (χ0n) is 25.2. The molecule has 2 aliphatic heterocycles. The van der Waals surface area contributed by atoms with E-state index in [1.807, 2.05) is 0 Å². The Labute approximate surface area is 248 Å². The van der Waals surface area contributed by atoms with Crippen LogP contribution in [0.4, 0.5) is 0 Å². The lowest BCUT2D eigenvalue weighted by molar-refractivity contribution is 0.263. The van der Waals surface area contributed by atoms with E-state index in [1.54, 1.807) is 0 Å². The highest BCUT2D eigenvalue weighted by molar-refractivity contribution is 5.25. The van der Waals surface area contributed by atoms with E-state index in [1.165, 1.54) is 22.3 Å². The second-order valence-corrected chi connectivity index (χ2v) is 11.3. The van der Waals surface area contributed by atoms with E-state index in [2.05, 4.69) is 95.5 Å². The molecule has 9 nitrogen and oxygen atoms in total. The second-order valence-electron chi connectivity index (χ2n) is 11.3. The first-order chi connectivity index (χ1) is 20.3. The van der Waals surface area contributed by atoms with Gasteiger partial charge in [-0.1, -0.05) is 48.5 Å². The Kier molecular flexibility index (Phi) is 15.7. The summed E-state index contributed by atoms with van der Waals surface area (Å²) < 4.78 is 0. The van der Waals surface area contributed by atoms with Crippen molar-refractivity contribution in [2.45, 2.75) is 26.2 Å². The molecule has 9 heteroatoms. The van der Waals surface area contributed by atoms with E-state index in [4.69, 9.17) is 0 Å². The largest absolute Gasteiger partial charge is 0.314 e. The molecule has 2 fully saturated rings. The van der Waals surface area contributed by atoms with Gasteiger partial charge in [0.2, 0.25) is 0 Å². The number of nitrogens with zero attached hydrogens (tertiary/aromatic N) is 2. The molecular formula is C32H55N9. The van der Waals surface area contributed by atoms with Crippen molar-refractivity contribution in [2.24, 2.45) is 0 Å². The Balaban J connectivity index is 1.23. The van der Waals surface area contributed by atoms with Gasteiger partial charge in [0, 0.05) is 131 Å². The minimum atomic E-state index is 0.881. The van der Waals surface area contributed by atoms with E-state index < -0.39 is 0 Å². The van der Waals surface area contributed by atoms with Crippen LogP contribution in [-0.4, -0.2) is 115 Å². The molecule has 228 valence electrons. The molecule has 4 rings (SSSR count). The third-order valence-corrected chi connectivity index (χ3v) is 7.79. The van der Waals surface area contributed by atoms with Crippen LogP contribution < -0.4 is 37.2 Å². The van der Waals surface area contributed by atoms with Crippen LogP contribution in [0.25, 0.3) is 0 Å². The smallest absolute Gasteiger partial charge is 0.0234 e. The lowest BCUT2D eigenvalue weighted by Crippen LogP contribution is -2.41. The van der Waals surface area contributed by atoms with Crippen molar-refractivity contribution >= 4 is 0 Å². The van der Waals surface area contributed by atoms with Gasteiger partial charge in [-0.05, 0) is 22.3 Å². The van der Waals surface area contributed by atoms with E-state index in [0.29, 0.717) is 0 Å². The van der Waals surface area contributed by atoms with Crippen molar-refractivity contribution in [1.82, 2.24) is 47.0 Å². The number of benzene rings is 2. The number of hydrogen-bond acceptors (Lipinski definition) is 9. The minimum Gasteiger partial charge on any atom is -0.314 e. The Morgan fingerprint density at radius 1 is 0.439 bits per heavy atom. The molecule has 2 aromatic carbocycles. The Morgan fingerprint density at radius 3 is 1.12 bits per heavy atom. The summed E-state index contributed by atoms with van der Waals surface area (Å²) in [5, 5.41) is 24.9. The standard InChI is InChI=1S/C32H55N9/c1-3-29(23-31(5-1)27-40-19-15-35-11-7-33-8-12-36-16-20-40)25-39-26-30-4-2-6-32(24-30)28-41-21-17-37-13-9-34-10-14-38-18-22-41/h1-6,23-24,33-39H,7-22,25-28H2. The molecule has 2 heterocycles. The molecule has 2 aromatic rings. The zero-order chi connectivity index (χ0) is 28.2. The Morgan fingerprint density at radius 2 is 0.756 bits per heavy atom. The lowest BCUT2D eigenvalue weighted by atomic mass is 10.1. The summed E-state index contributed by atoms with van der Waals surface area (Å²) in [5.74, 6) is 0. The number of nitrogens with one attached hydrogen (secondary N) is 7. The predicted octanol–water partition coefficient (Wildman–Crippen LogP) is 0.145. The summed E-state index contributed by atoms with van der Waals surface area (Å²) in [6.07, 6.45) is 0. The minimum absolute atomic E-state index is 0.881. The van der Waals surface area contributed by atoms with Crippen LogP contribution in [0.1, 0.15) is 22.3 Å². The van der Waals surface area contributed by atoms with Gasteiger partial charge in [-0.15, -0.1) is 0 Å². The summed E-state index contributed by atoms with van der Waals surface area (Å²) in [4.78, 5) is 5.13. The highest BCUT2D eigenvalue weighted by Crippen LogP contribution is 2.11. The first-order valence-electron chi connectivity index (χ1n) is 15.9. The monoisotopic (exact) mass is 565 g/mol. The maximum absolute atomic E-state index is 3.69. The fourth-order valence-electron chi connectivity index (χ4n) is 5.49. The molecule has 0 aliphatic carbocycles. The molecule has 2 saturated heterocycles. The van der Waals surface area contributed by atoms with Crippen LogP contribution in [0.15, 0.2) is 48.5 Å². The molecule has 0 unspecified atom stereocenters. The van der Waals surface area contributed by atoms with E-state index >= 15 is 0 Å². The average Bonchev–Trinajstić information content (AvgIpc) is 2.96.